The summed E-state index contributed by atoms with van der Waals surface area (Å²) in [5, 5.41) is 17.3. The number of carbonyl (C=O) groups excluding carboxylic acids is 1. The molecule has 114 valence electrons. The summed E-state index contributed by atoms with van der Waals surface area (Å²) in [5.74, 6) is -5.33. The first-order chi connectivity index (χ1) is 9.55. The van der Waals surface area contributed by atoms with E-state index in [4.69, 9.17) is 15.9 Å². The van der Waals surface area contributed by atoms with Crippen LogP contribution in [0.25, 0.3) is 0 Å². The summed E-state index contributed by atoms with van der Waals surface area (Å²) in [5.41, 5.74) is 2.30. The molecule has 0 saturated heterocycles. The molecule has 4 N–H and O–H groups in total. The Morgan fingerprint density at radius 3 is 2.19 bits per heavy atom. The number of carboxylic acids is 2. The van der Waals surface area contributed by atoms with Crippen molar-refractivity contribution in [3.63, 3.8) is 0 Å². The molecule has 0 bridgehead atoms. The Kier molecular flexibility index (Phi) is 4.69. The van der Waals surface area contributed by atoms with Crippen molar-refractivity contribution >= 4 is 17.7 Å². The van der Waals surface area contributed by atoms with E-state index < -0.39 is 47.5 Å². The second-order valence-electron chi connectivity index (χ2n) is 4.12. The molecule has 21 heavy (non-hydrogen) atoms. The van der Waals surface area contributed by atoms with Gasteiger partial charge in [-0.2, -0.15) is 13.2 Å². The van der Waals surface area contributed by atoms with Crippen molar-refractivity contribution in [1.29, 1.82) is 0 Å². The van der Waals surface area contributed by atoms with Crippen LogP contribution in [0.15, 0.2) is 18.2 Å². The molecule has 0 saturated carbocycles. The zero-order valence-electron chi connectivity index (χ0n) is 10.3. The van der Waals surface area contributed by atoms with Gasteiger partial charge in [0.25, 0.3) is 5.78 Å². The molecule has 9 heteroatoms. The van der Waals surface area contributed by atoms with Gasteiger partial charge in [0.2, 0.25) is 0 Å². The van der Waals surface area contributed by atoms with Crippen LogP contribution in [0.5, 0.6) is 0 Å². The summed E-state index contributed by atoms with van der Waals surface area (Å²) in [6, 6.07) is 0.972. The number of carboxylic acid groups (broad SMARTS) is 2. The molecule has 1 rings (SSSR count). The van der Waals surface area contributed by atoms with Crippen molar-refractivity contribution in [2.45, 2.75) is 18.6 Å². The van der Waals surface area contributed by atoms with Crippen LogP contribution in [0, 0.1) is 0 Å². The number of hydrogen-bond donors (Lipinski definition) is 3. The van der Waals surface area contributed by atoms with Crippen molar-refractivity contribution in [3.05, 3.63) is 34.9 Å². The summed E-state index contributed by atoms with van der Waals surface area (Å²) in [6.45, 7) is 0. The van der Waals surface area contributed by atoms with E-state index in [1.807, 2.05) is 0 Å². The van der Waals surface area contributed by atoms with Gasteiger partial charge in [-0.1, -0.05) is 12.1 Å². The van der Waals surface area contributed by atoms with E-state index in [9.17, 15) is 27.6 Å². The number of aliphatic carboxylic acids is 2. The number of alkyl halides is 3. The molecule has 1 unspecified atom stereocenters. The Morgan fingerprint density at radius 2 is 1.76 bits per heavy atom. The second kappa shape index (κ2) is 5.92. The molecule has 0 heterocycles. The molecule has 0 spiro atoms. The lowest BCUT2D eigenvalue weighted by Gasteiger charge is -2.16. The Morgan fingerprint density at radius 1 is 1.19 bits per heavy atom. The van der Waals surface area contributed by atoms with E-state index in [0.717, 1.165) is 12.1 Å². The predicted molar refractivity (Wildman–Crippen MR) is 62.7 cm³/mol. The molecule has 1 aromatic rings. The van der Waals surface area contributed by atoms with Crippen LogP contribution in [0.2, 0.25) is 0 Å². The first kappa shape index (κ1) is 16.6. The van der Waals surface area contributed by atoms with Gasteiger partial charge in [0.1, 0.15) is 6.04 Å². The maximum atomic E-state index is 12.9. The summed E-state index contributed by atoms with van der Waals surface area (Å²) < 4.78 is 38.6. The fourth-order valence-corrected chi connectivity index (χ4v) is 1.71. The summed E-state index contributed by atoms with van der Waals surface area (Å²) in [6.07, 6.45) is -5.56. The number of hydrogen-bond acceptors (Lipinski definition) is 4. The SMILES string of the molecule is NC(Cc1cccc(C(F)(F)F)c1C(=O)C(=O)O)C(=O)O. The first-order valence-corrected chi connectivity index (χ1v) is 5.50. The average Bonchev–Trinajstić information content (AvgIpc) is 2.36. The largest absolute Gasteiger partial charge is 0.480 e. The van der Waals surface area contributed by atoms with Crippen molar-refractivity contribution in [1.82, 2.24) is 0 Å². The first-order valence-electron chi connectivity index (χ1n) is 5.50. The van der Waals surface area contributed by atoms with Gasteiger partial charge in [0.05, 0.1) is 5.56 Å². The van der Waals surface area contributed by atoms with Gasteiger partial charge in [-0.05, 0) is 18.1 Å². The van der Waals surface area contributed by atoms with Gasteiger partial charge in [-0.15, -0.1) is 0 Å². The molecule has 0 aliphatic heterocycles. The highest BCUT2D eigenvalue weighted by Gasteiger charge is 2.38. The van der Waals surface area contributed by atoms with Crippen LogP contribution in [0.1, 0.15) is 21.5 Å². The third kappa shape index (κ3) is 3.78. The fourth-order valence-electron chi connectivity index (χ4n) is 1.71. The molecule has 0 aliphatic rings. The second-order valence-corrected chi connectivity index (χ2v) is 4.12. The molecule has 0 aliphatic carbocycles. The lowest BCUT2D eigenvalue weighted by atomic mass is 9.93. The van der Waals surface area contributed by atoms with Crippen molar-refractivity contribution < 1.29 is 37.8 Å². The van der Waals surface area contributed by atoms with Crippen LogP contribution < -0.4 is 5.73 Å². The van der Waals surface area contributed by atoms with Crippen molar-refractivity contribution in [2.75, 3.05) is 0 Å². The van der Waals surface area contributed by atoms with E-state index in [1.165, 1.54) is 0 Å². The van der Waals surface area contributed by atoms with Gasteiger partial charge in [0, 0.05) is 5.56 Å². The highest BCUT2D eigenvalue weighted by Crippen LogP contribution is 2.34. The lowest BCUT2D eigenvalue weighted by molar-refractivity contribution is -0.138. The standard InChI is InChI=1S/C12H10F3NO5/c13-12(14,15)6-3-1-2-5(4-7(16)10(18)19)8(6)9(17)11(20)21/h1-3,7H,4,16H2,(H,18,19)(H,20,21). The van der Waals surface area contributed by atoms with Crippen LogP contribution >= 0.6 is 0 Å². The highest BCUT2D eigenvalue weighted by atomic mass is 19.4. The minimum absolute atomic E-state index is 0.382. The van der Waals surface area contributed by atoms with Crippen molar-refractivity contribution in [3.8, 4) is 0 Å². The van der Waals surface area contributed by atoms with E-state index in [-0.39, 0.29) is 5.56 Å². The van der Waals surface area contributed by atoms with Crippen LogP contribution in [0.3, 0.4) is 0 Å². The van der Waals surface area contributed by atoms with Gasteiger partial charge in [-0.3, -0.25) is 9.59 Å². The third-order valence-corrected chi connectivity index (χ3v) is 2.63. The smallest absolute Gasteiger partial charge is 0.417 e. The zero-order chi connectivity index (χ0) is 16.4. The highest BCUT2D eigenvalue weighted by molar-refractivity contribution is 6.40. The number of benzene rings is 1. The lowest BCUT2D eigenvalue weighted by Crippen LogP contribution is -2.33. The molecule has 6 nitrogen and oxygen atoms in total. The number of nitrogens with two attached hydrogens (primary N) is 1. The van der Waals surface area contributed by atoms with E-state index in [0.29, 0.717) is 6.07 Å². The van der Waals surface area contributed by atoms with Gasteiger partial charge >= 0.3 is 18.1 Å². The number of halogens is 3. The maximum absolute atomic E-state index is 12.9. The molecular formula is C12H10F3NO5. The van der Waals surface area contributed by atoms with Crippen LogP contribution in [-0.4, -0.2) is 34.0 Å². The molecule has 0 amide bonds. The topological polar surface area (TPSA) is 118 Å². The fraction of sp³-hybridized carbons (Fsp3) is 0.250. The Balaban J connectivity index is 3.47. The number of rotatable bonds is 5. The molecule has 1 aromatic carbocycles. The number of ketones is 1. The maximum Gasteiger partial charge on any atom is 0.417 e. The minimum Gasteiger partial charge on any atom is -0.480 e. The summed E-state index contributed by atoms with van der Waals surface area (Å²) in [7, 11) is 0. The Labute approximate surface area is 116 Å². The summed E-state index contributed by atoms with van der Waals surface area (Å²) >= 11 is 0. The molecule has 1 atom stereocenters. The van der Waals surface area contributed by atoms with E-state index in [2.05, 4.69) is 0 Å². The Hall–Kier alpha value is -2.42. The summed E-state index contributed by atoms with van der Waals surface area (Å²) in [4.78, 5) is 32.8. The molecular weight excluding hydrogens is 295 g/mol. The number of Topliss-reactive ketones (excluding diaryl/α,β-unsaturated/α-hetero) is 1. The monoisotopic (exact) mass is 305 g/mol. The molecule has 0 fully saturated rings. The zero-order valence-corrected chi connectivity index (χ0v) is 10.3. The van der Waals surface area contributed by atoms with Crippen LogP contribution in [0.4, 0.5) is 13.2 Å². The van der Waals surface area contributed by atoms with E-state index >= 15 is 0 Å². The molecule has 0 aromatic heterocycles. The quantitative estimate of drug-likeness (QED) is 0.550. The van der Waals surface area contributed by atoms with Crippen LogP contribution in [-0.2, 0) is 22.2 Å². The van der Waals surface area contributed by atoms with Gasteiger partial charge < -0.3 is 15.9 Å². The Bertz CT molecular complexity index is 597. The predicted octanol–water partition coefficient (Wildman–Crippen LogP) is 0.927. The normalized spacial score (nSPS) is 12.8. The van der Waals surface area contributed by atoms with Gasteiger partial charge in [-0.25, -0.2) is 4.79 Å². The number of carbonyl (C=O) groups is 3. The minimum atomic E-state index is -4.95. The van der Waals surface area contributed by atoms with E-state index in [1.54, 1.807) is 0 Å². The molecule has 0 radical (unpaired) electrons. The third-order valence-electron chi connectivity index (χ3n) is 2.63. The van der Waals surface area contributed by atoms with Crippen molar-refractivity contribution in [2.24, 2.45) is 5.73 Å². The van der Waals surface area contributed by atoms with Gasteiger partial charge in [0.15, 0.2) is 0 Å². The average molecular weight is 305 g/mol.